The first-order valence-corrected chi connectivity index (χ1v) is 7.23. The van der Waals surface area contributed by atoms with E-state index in [9.17, 15) is 5.11 Å². The van der Waals surface area contributed by atoms with Crippen molar-refractivity contribution in [1.82, 2.24) is 0 Å². The summed E-state index contributed by atoms with van der Waals surface area (Å²) >= 11 is 5.27. The number of aliphatic hydroxyl groups excluding tert-OH is 1. The third-order valence-electron chi connectivity index (χ3n) is 2.67. The van der Waals surface area contributed by atoms with Gasteiger partial charge in [-0.2, -0.15) is 0 Å². The predicted molar refractivity (Wildman–Crippen MR) is 74.9 cm³/mol. The predicted octanol–water partition coefficient (Wildman–Crippen LogP) is 4.64. The van der Waals surface area contributed by atoms with E-state index in [1.165, 1.54) is 4.90 Å². The molecular weight excluding hydrogens is 284 g/mol. The van der Waals surface area contributed by atoms with Crippen LogP contribution in [0.1, 0.15) is 39.4 Å². The summed E-state index contributed by atoms with van der Waals surface area (Å²) in [5.74, 6) is 0.635. The highest BCUT2D eigenvalue weighted by molar-refractivity contribution is 9.10. The molecule has 2 atom stereocenters. The average molecular weight is 303 g/mol. The lowest BCUT2D eigenvalue weighted by atomic mass is 10.1. The van der Waals surface area contributed by atoms with Crippen LogP contribution < -0.4 is 0 Å². The zero-order valence-corrected chi connectivity index (χ0v) is 12.6. The second-order valence-electron chi connectivity index (χ2n) is 4.43. The molecule has 3 heteroatoms. The van der Waals surface area contributed by atoms with Gasteiger partial charge >= 0.3 is 0 Å². The van der Waals surface area contributed by atoms with Gasteiger partial charge < -0.3 is 5.11 Å². The van der Waals surface area contributed by atoms with Crippen LogP contribution in [0.3, 0.4) is 0 Å². The third-order valence-corrected chi connectivity index (χ3v) is 4.71. The quantitative estimate of drug-likeness (QED) is 0.818. The van der Waals surface area contributed by atoms with Gasteiger partial charge in [-0.1, -0.05) is 36.7 Å². The molecule has 0 heterocycles. The normalized spacial score (nSPS) is 15.2. The smallest absolute Gasteiger partial charge is 0.0773 e. The van der Waals surface area contributed by atoms with Crippen LogP contribution in [0.2, 0.25) is 0 Å². The van der Waals surface area contributed by atoms with Crippen LogP contribution in [-0.4, -0.2) is 10.4 Å². The zero-order chi connectivity index (χ0) is 12.3. The van der Waals surface area contributed by atoms with Crippen LogP contribution in [0.25, 0.3) is 0 Å². The number of halogens is 1. The van der Waals surface area contributed by atoms with Crippen molar-refractivity contribution in [2.75, 3.05) is 0 Å². The van der Waals surface area contributed by atoms with Gasteiger partial charge in [0.05, 0.1) is 6.10 Å². The van der Waals surface area contributed by atoms with Crippen molar-refractivity contribution in [3.63, 3.8) is 0 Å². The van der Waals surface area contributed by atoms with Gasteiger partial charge in [0.15, 0.2) is 0 Å². The second-order valence-corrected chi connectivity index (χ2v) is 6.76. The zero-order valence-electron chi connectivity index (χ0n) is 10.2. The number of hydrogen-bond acceptors (Lipinski definition) is 2. The maximum absolute atomic E-state index is 9.75. The Morgan fingerprint density at radius 3 is 2.31 bits per heavy atom. The van der Waals surface area contributed by atoms with Crippen LogP contribution in [0.4, 0.5) is 0 Å². The summed E-state index contributed by atoms with van der Waals surface area (Å²) in [6, 6.07) is 6.11. The number of rotatable bonds is 4. The number of aliphatic hydroxyl groups is 1. The molecule has 1 N–H and O–H groups in total. The fraction of sp³-hybridized carbons (Fsp3) is 0.538. The summed E-state index contributed by atoms with van der Waals surface area (Å²) in [5, 5.41) is 10.3. The molecule has 2 unspecified atom stereocenters. The van der Waals surface area contributed by atoms with Gasteiger partial charge in [-0.05, 0) is 36.6 Å². The lowest BCUT2D eigenvalue weighted by Crippen LogP contribution is -2.06. The molecule has 0 aliphatic rings. The standard InChI is InChI=1S/C13H19BrOS/c1-8(2)10(4)16-13-6-5-11(14)7-12(13)9(3)15/h5-10,15H,1-4H3. The summed E-state index contributed by atoms with van der Waals surface area (Å²) in [5.41, 5.74) is 1.01. The molecule has 1 aromatic carbocycles. The van der Waals surface area contributed by atoms with Gasteiger partial charge in [-0.25, -0.2) is 0 Å². The fourth-order valence-electron chi connectivity index (χ4n) is 1.29. The molecule has 0 saturated carbocycles. The Morgan fingerprint density at radius 1 is 1.19 bits per heavy atom. The molecule has 0 amide bonds. The van der Waals surface area contributed by atoms with E-state index in [0.717, 1.165) is 10.0 Å². The summed E-state index contributed by atoms with van der Waals surface area (Å²) in [6.45, 7) is 8.48. The molecule has 16 heavy (non-hydrogen) atoms. The van der Waals surface area contributed by atoms with Gasteiger partial charge in [0.1, 0.15) is 0 Å². The number of hydrogen-bond donors (Lipinski definition) is 1. The Labute approximate surface area is 111 Å². The third kappa shape index (κ3) is 3.79. The van der Waals surface area contributed by atoms with Crippen LogP contribution in [0, 0.1) is 5.92 Å². The van der Waals surface area contributed by atoms with Crippen LogP contribution >= 0.6 is 27.7 Å². The van der Waals surface area contributed by atoms with E-state index < -0.39 is 6.10 Å². The van der Waals surface area contributed by atoms with E-state index >= 15 is 0 Å². The van der Waals surface area contributed by atoms with Gasteiger partial charge in [-0.3, -0.25) is 0 Å². The minimum Gasteiger partial charge on any atom is -0.389 e. The van der Waals surface area contributed by atoms with Gasteiger partial charge in [0.25, 0.3) is 0 Å². The molecule has 1 aromatic rings. The molecule has 0 radical (unpaired) electrons. The monoisotopic (exact) mass is 302 g/mol. The Kier molecular flexibility index (Phi) is 5.35. The number of thioether (sulfide) groups is 1. The molecule has 0 bridgehead atoms. The van der Waals surface area contributed by atoms with E-state index in [-0.39, 0.29) is 0 Å². The highest BCUT2D eigenvalue weighted by Crippen LogP contribution is 2.34. The Balaban J connectivity index is 2.95. The maximum Gasteiger partial charge on any atom is 0.0773 e. The Bertz CT molecular complexity index is 350. The first-order valence-electron chi connectivity index (χ1n) is 5.56. The maximum atomic E-state index is 9.75. The van der Waals surface area contributed by atoms with Crippen molar-refractivity contribution < 1.29 is 5.11 Å². The summed E-state index contributed by atoms with van der Waals surface area (Å²) < 4.78 is 1.02. The second kappa shape index (κ2) is 6.08. The summed E-state index contributed by atoms with van der Waals surface area (Å²) in [7, 11) is 0. The highest BCUT2D eigenvalue weighted by Gasteiger charge is 2.14. The van der Waals surface area contributed by atoms with Crippen molar-refractivity contribution in [2.45, 2.75) is 43.9 Å². The van der Waals surface area contributed by atoms with Crippen molar-refractivity contribution in [3.8, 4) is 0 Å². The van der Waals surface area contributed by atoms with Crippen LogP contribution in [0.15, 0.2) is 27.6 Å². The van der Waals surface area contributed by atoms with Crippen molar-refractivity contribution in [1.29, 1.82) is 0 Å². The largest absolute Gasteiger partial charge is 0.389 e. The van der Waals surface area contributed by atoms with Crippen LogP contribution in [-0.2, 0) is 0 Å². The summed E-state index contributed by atoms with van der Waals surface area (Å²) in [6.07, 6.45) is -0.417. The molecule has 0 saturated heterocycles. The molecule has 0 aliphatic carbocycles. The fourth-order valence-corrected chi connectivity index (χ4v) is 2.85. The topological polar surface area (TPSA) is 20.2 Å². The van der Waals surface area contributed by atoms with E-state index in [1.807, 2.05) is 30.8 Å². The minimum atomic E-state index is -0.417. The van der Waals surface area contributed by atoms with Crippen LogP contribution in [0.5, 0.6) is 0 Å². The van der Waals surface area contributed by atoms with Gasteiger partial charge in [0, 0.05) is 14.6 Å². The average Bonchev–Trinajstić information content (AvgIpc) is 2.20. The molecular formula is C13H19BrOS. The Morgan fingerprint density at radius 2 is 1.81 bits per heavy atom. The van der Waals surface area contributed by atoms with E-state index in [0.29, 0.717) is 11.2 Å². The van der Waals surface area contributed by atoms with Crippen molar-refractivity contribution >= 4 is 27.7 Å². The molecule has 0 fully saturated rings. The molecule has 1 nitrogen and oxygen atoms in total. The summed E-state index contributed by atoms with van der Waals surface area (Å²) in [4.78, 5) is 1.18. The lowest BCUT2D eigenvalue weighted by Gasteiger charge is -2.18. The minimum absolute atomic E-state index is 0.417. The molecule has 90 valence electrons. The van der Waals surface area contributed by atoms with E-state index in [4.69, 9.17) is 0 Å². The molecule has 0 aliphatic heterocycles. The number of benzene rings is 1. The highest BCUT2D eigenvalue weighted by atomic mass is 79.9. The van der Waals surface area contributed by atoms with Gasteiger partial charge in [0.2, 0.25) is 0 Å². The van der Waals surface area contributed by atoms with Crippen molar-refractivity contribution in [2.24, 2.45) is 5.92 Å². The van der Waals surface area contributed by atoms with E-state index in [2.05, 4.69) is 42.8 Å². The SMILES string of the molecule is CC(O)c1cc(Br)ccc1SC(C)C(C)C. The lowest BCUT2D eigenvalue weighted by molar-refractivity contribution is 0.196. The first-order chi connectivity index (χ1) is 7.41. The first kappa shape index (κ1) is 14.1. The van der Waals surface area contributed by atoms with Crippen molar-refractivity contribution in [3.05, 3.63) is 28.2 Å². The van der Waals surface area contributed by atoms with E-state index in [1.54, 1.807) is 0 Å². The molecule has 0 spiro atoms. The Hall–Kier alpha value is 0.01000. The van der Waals surface area contributed by atoms with Gasteiger partial charge in [-0.15, -0.1) is 11.8 Å². The molecule has 1 rings (SSSR count). The molecule has 0 aromatic heterocycles.